The van der Waals surface area contributed by atoms with Crippen LogP contribution >= 0.6 is 0 Å². The number of H-pyrrole nitrogens is 1. The molecule has 2 aromatic heterocycles. The first-order chi connectivity index (χ1) is 11.7. The zero-order valence-corrected chi connectivity index (χ0v) is 14.8. The number of hydrogen-bond acceptors (Lipinski definition) is 4. The van der Waals surface area contributed by atoms with E-state index in [1.54, 1.807) is 6.33 Å². The number of rotatable bonds is 9. The van der Waals surface area contributed by atoms with Crippen molar-refractivity contribution in [2.75, 3.05) is 19.6 Å². The molecule has 0 bridgehead atoms. The molecule has 132 valence electrons. The normalized spacial score (nSPS) is 11.7. The van der Waals surface area contributed by atoms with E-state index in [9.17, 15) is 0 Å². The van der Waals surface area contributed by atoms with Crippen LogP contribution in [0.25, 0.3) is 0 Å². The predicted octanol–water partition coefficient (Wildman–Crippen LogP) is 1.06. The van der Waals surface area contributed by atoms with Gasteiger partial charge in [0.25, 0.3) is 0 Å². The van der Waals surface area contributed by atoms with Gasteiger partial charge in [-0.3, -0.25) is 10.1 Å². The Bertz CT molecular complexity index is 628. The standard InChI is InChI=1S/C16H28N8/c1-4-15-23-21-12-24(15)10-9-19-16(17-5-2)18-8-6-7-14-11-20-22-13(14)3/h11-12H,4-10H2,1-3H3,(H,20,22)(H2,17,18,19). The van der Waals surface area contributed by atoms with Gasteiger partial charge in [0.2, 0.25) is 0 Å². The molecule has 0 aliphatic heterocycles. The number of aromatic nitrogens is 5. The highest BCUT2D eigenvalue weighted by Crippen LogP contribution is 2.05. The molecule has 0 unspecified atom stereocenters. The highest BCUT2D eigenvalue weighted by atomic mass is 15.3. The third-order valence-corrected chi connectivity index (χ3v) is 3.81. The van der Waals surface area contributed by atoms with Gasteiger partial charge in [-0.05, 0) is 32.3 Å². The summed E-state index contributed by atoms with van der Waals surface area (Å²) in [6.07, 6.45) is 6.56. The summed E-state index contributed by atoms with van der Waals surface area (Å²) in [6, 6.07) is 0. The maximum Gasteiger partial charge on any atom is 0.191 e. The maximum atomic E-state index is 4.63. The average molecular weight is 332 g/mol. The van der Waals surface area contributed by atoms with E-state index in [-0.39, 0.29) is 0 Å². The highest BCUT2D eigenvalue weighted by molar-refractivity contribution is 5.79. The van der Waals surface area contributed by atoms with Crippen molar-refractivity contribution in [3.8, 4) is 0 Å². The number of aromatic amines is 1. The summed E-state index contributed by atoms with van der Waals surface area (Å²) in [5.74, 6) is 1.86. The van der Waals surface area contributed by atoms with Gasteiger partial charge in [-0.1, -0.05) is 6.92 Å². The van der Waals surface area contributed by atoms with E-state index in [1.807, 2.05) is 13.1 Å². The summed E-state index contributed by atoms with van der Waals surface area (Å²) in [6.45, 7) is 9.45. The Kier molecular flexibility index (Phi) is 7.25. The monoisotopic (exact) mass is 332 g/mol. The van der Waals surface area contributed by atoms with Crippen molar-refractivity contribution in [2.45, 2.75) is 46.6 Å². The average Bonchev–Trinajstić information content (AvgIpc) is 3.20. The van der Waals surface area contributed by atoms with Crippen molar-refractivity contribution in [1.29, 1.82) is 0 Å². The largest absolute Gasteiger partial charge is 0.357 e. The first kappa shape index (κ1) is 18.0. The third kappa shape index (κ3) is 5.36. The van der Waals surface area contributed by atoms with Crippen LogP contribution in [0.15, 0.2) is 17.5 Å². The Hall–Kier alpha value is -2.38. The molecule has 0 aliphatic carbocycles. The lowest BCUT2D eigenvalue weighted by molar-refractivity contribution is 0.632. The Labute approximate surface area is 143 Å². The van der Waals surface area contributed by atoms with Gasteiger partial charge in [-0.25, -0.2) is 0 Å². The molecule has 24 heavy (non-hydrogen) atoms. The topological polar surface area (TPSA) is 95.8 Å². The number of nitrogens with zero attached hydrogens (tertiary/aromatic N) is 5. The summed E-state index contributed by atoms with van der Waals surface area (Å²) in [7, 11) is 0. The Balaban J connectivity index is 1.74. The Morgan fingerprint density at radius 2 is 2.21 bits per heavy atom. The van der Waals surface area contributed by atoms with Gasteiger partial charge in [0.15, 0.2) is 5.96 Å². The summed E-state index contributed by atoms with van der Waals surface area (Å²) in [4.78, 5) is 4.63. The smallest absolute Gasteiger partial charge is 0.191 e. The molecule has 0 amide bonds. The molecule has 0 spiro atoms. The minimum Gasteiger partial charge on any atom is -0.357 e. The van der Waals surface area contributed by atoms with Crippen molar-refractivity contribution >= 4 is 5.96 Å². The molecule has 2 rings (SSSR count). The second kappa shape index (κ2) is 9.69. The van der Waals surface area contributed by atoms with Gasteiger partial charge in [0, 0.05) is 38.3 Å². The molecule has 3 N–H and O–H groups in total. The first-order valence-corrected chi connectivity index (χ1v) is 8.62. The molecule has 0 fully saturated rings. The van der Waals surface area contributed by atoms with Crippen LogP contribution in [0.4, 0.5) is 0 Å². The molecule has 0 saturated heterocycles. The molecule has 8 heteroatoms. The fourth-order valence-corrected chi connectivity index (χ4v) is 2.46. The quantitative estimate of drug-likeness (QED) is 0.362. The van der Waals surface area contributed by atoms with Crippen molar-refractivity contribution < 1.29 is 0 Å². The zero-order chi connectivity index (χ0) is 17.2. The van der Waals surface area contributed by atoms with Gasteiger partial charge in [0.05, 0.1) is 6.20 Å². The van der Waals surface area contributed by atoms with E-state index in [2.05, 4.69) is 54.4 Å². The van der Waals surface area contributed by atoms with E-state index in [1.165, 1.54) is 5.56 Å². The second-order valence-electron chi connectivity index (χ2n) is 5.61. The van der Waals surface area contributed by atoms with Gasteiger partial charge >= 0.3 is 0 Å². The van der Waals surface area contributed by atoms with Crippen molar-refractivity contribution in [3.63, 3.8) is 0 Å². The summed E-state index contributed by atoms with van der Waals surface area (Å²) in [5.41, 5.74) is 2.41. The van der Waals surface area contributed by atoms with Crippen LogP contribution in [0.5, 0.6) is 0 Å². The molecule has 0 radical (unpaired) electrons. The fraction of sp³-hybridized carbons (Fsp3) is 0.625. The summed E-state index contributed by atoms with van der Waals surface area (Å²) >= 11 is 0. The predicted molar refractivity (Wildman–Crippen MR) is 95.0 cm³/mol. The van der Waals surface area contributed by atoms with Crippen LogP contribution < -0.4 is 10.6 Å². The van der Waals surface area contributed by atoms with Gasteiger partial charge < -0.3 is 15.2 Å². The van der Waals surface area contributed by atoms with Crippen LogP contribution in [0, 0.1) is 6.92 Å². The molecule has 2 aromatic rings. The van der Waals surface area contributed by atoms with E-state index in [0.29, 0.717) is 0 Å². The molecule has 8 nitrogen and oxygen atoms in total. The molecule has 0 aliphatic rings. The van der Waals surface area contributed by atoms with Crippen LogP contribution in [0.3, 0.4) is 0 Å². The number of hydrogen-bond donors (Lipinski definition) is 3. The van der Waals surface area contributed by atoms with Gasteiger partial charge in [0.1, 0.15) is 12.2 Å². The second-order valence-corrected chi connectivity index (χ2v) is 5.61. The number of guanidine groups is 1. The van der Waals surface area contributed by atoms with E-state index in [0.717, 1.165) is 62.9 Å². The third-order valence-electron chi connectivity index (χ3n) is 3.81. The van der Waals surface area contributed by atoms with E-state index < -0.39 is 0 Å². The lowest BCUT2D eigenvalue weighted by atomic mass is 10.1. The van der Waals surface area contributed by atoms with Crippen LogP contribution in [0.2, 0.25) is 0 Å². The van der Waals surface area contributed by atoms with Crippen molar-refractivity contribution in [3.05, 3.63) is 29.6 Å². The minimum atomic E-state index is 0.785. The number of nitrogens with one attached hydrogen (secondary N) is 3. The molecule has 0 saturated carbocycles. The van der Waals surface area contributed by atoms with E-state index in [4.69, 9.17) is 0 Å². The van der Waals surface area contributed by atoms with Crippen molar-refractivity contribution in [1.82, 2.24) is 35.6 Å². The fourth-order valence-electron chi connectivity index (χ4n) is 2.46. The summed E-state index contributed by atoms with van der Waals surface area (Å²) in [5, 5.41) is 21.7. The number of aryl methyl sites for hydroxylation is 3. The maximum absolute atomic E-state index is 4.63. The Morgan fingerprint density at radius 3 is 2.92 bits per heavy atom. The first-order valence-electron chi connectivity index (χ1n) is 8.62. The van der Waals surface area contributed by atoms with Crippen LogP contribution in [0.1, 0.15) is 37.4 Å². The number of aliphatic imine (C=N–C) groups is 1. The van der Waals surface area contributed by atoms with E-state index >= 15 is 0 Å². The molecule has 2 heterocycles. The van der Waals surface area contributed by atoms with Crippen molar-refractivity contribution in [2.24, 2.45) is 4.99 Å². The lowest BCUT2D eigenvalue weighted by Gasteiger charge is -2.12. The zero-order valence-electron chi connectivity index (χ0n) is 14.8. The van der Waals surface area contributed by atoms with Gasteiger partial charge in [-0.15, -0.1) is 10.2 Å². The minimum absolute atomic E-state index is 0.785. The van der Waals surface area contributed by atoms with Crippen LogP contribution in [-0.4, -0.2) is 50.6 Å². The molecular weight excluding hydrogens is 304 g/mol. The Morgan fingerprint density at radius 1 is 1.33 bits per heavy atom. The lowest BCUT2D eigenvalue weighted by Crippen LogP contribution is -2.39. The van der Waals surface area contributed by atoms with Crippen LogP contribution in [-0.2, 0) is 19.4 Å². The summed E-state index contributed by atoms with van der Waals surface area (Å²) < 4.78 is 2.07. The van der Waals surface area contributed by atoms with Gasteiger partial charge in [-0.2, -0.15) is 5.10 Å². The molecule has 0 atom stereocenters. The highest BCUT2D eigenvalue weighted by Gasteiger charge is 2.03. The SMILES string of the molecule is CCNC(=NCCCc1cn[nH]c1C)NCCn1cnnc1CC. The molecular formula is C16H28N8. The molecule has 0 aromatic carbocycles.